The first-order valence-electron chi connectivity index (χ1n) is 3.86. The van der Waals surface area contributed by atoms with Gasteiger partial charge in [0, 0.05) is 5.69 Å². The van der Waals surface area contributed by atoms with E-state index in [0.29, 0.717) is 0 Å². The number of anilines is 1. The Kier molecular flexibility index (Phi) is 3.57. The van der Waals surface area contributed by atoms with Gasteiger partial charge in [0.25, 0.3) is 6.43 Å². The van der Waals surface area contributed by atoms with Gasteiger partial charge in [-0.15, -0.1) is 0 Å². The average Bonchev–Trinajstić information content (AvgIpc) is 2.09. The molecule has 1 aromatic heterocycles. The smallest absolute Gasteiger partial charge is 0.309 e. The van der Waals surface area contributed by atoms with Gasteiger partial charge in [0.05, 0.1) is 16.6 Å². The normalized spacial score (nSPS) is 10.7. The van der Waals surface area contributed by atoms with Crippen LogP contribution >= 0.6 is 15.9 Å². The second kappa shape index (κ2) is 4.52. The molecule has 0 radical (unpaired) electrons. The molecule has 0 spiro atoms. The van der Waals surface area contributed by atoms with Gasteiger partial charge in [-0.05, 0) is 22.0 Å². The number of hydrogen-bond donors (Lipinski definition) is 2. The van der Waals surface area contributed by atoms with Crippen LogP contribution in [-0.2, 0) is 11.2 Å². The number of hydrogen-bond acceptors (Lipinski definition) is 3. The zero-order valence-electron chi connectivity index (χ0n) is 7.38. The van der Waals surface area contributed by atoms with Crippen LogP contribution in [0.3, 0.4) is 0 Å². The number of aromatic nitrogens is 1. The van der Waals surface area contributed by atoms with Crippen molar-refractivity contribution in [1.29, 1.82) is 0 Å². The molecule has 0 unspecified atom stereocenters. The molecule has 0 aromatic carbocycles. The van der Waals surface area contributed by atoms with Crippen LogP contribution in [-0.4, -0.2) is 16.1 Å². The standard InChI is InChI=1S/C8H7BrF2N2O2/c9-6-4(12)1-3(2-5(14)15)13-7(6)8(10)11/h1,8H,2H2,(H2,12,13)(H,14,15). The number of pyridine rings is 1. The van der Waals surface area contributed by atoms with E-state index in [9.17, 15) is 13.6 Å². The quantitative estimate of drug-likeness (QED) is 0.888. The number of halogens is 3. The number of carboxylic acids is 1. The lowest BCUT2D eigenvalue weighted by Crippen LogP contribution is -2.06. The van der Waals surface area contributed by atoms with Crippen molar-refractivity contribution in [3.63, 3.8) is 0 Å². The number of nitrogens with two attached hydrogens (primary N) is 1. The van der Waals surface area contributed by atoms with Crippen molar-refractivity contribution in [1.82, 2.24) is 4.98 Å². The highest BCUT2D eigenvalue weighted by Crippen LogP contribution is 2.30. The van der Waals surface area contributed by atoms with Crippen LogP contribution in [0.1, 0.15) is 17.8 Å². The van der Waals surface area contributed by atoms with Gasteiger partial charge < -0.3 is 10.8 Å². The molecule has 15 heavy (non-hydrogen) atoms. The minimum Gasteiger partial charge on any atom is -0.481 e. The Morgan fingerprint density at radius 3 is 2.73 bits per heavy atom. The topological polar surface area (TPSA) is 76.2 Å². The average molecular weight is 281 g/mol. The molecule has 4 nitrogen and oxygen atoms in total. The van der Waals surface area contributed by atoms with E-state index in [1.807, 2.05) is 0 Å². The Labute approximate surface area is 92.2 Å². The van der Waals surface area contributed by atoms with E-state index in [1.165, 1.54) is 6.07 Å². The van der Waals surface area contributed by atoms with Crippen molar-refractivity contribution in [3.05, 3.63) is 21.9 Å². The highest BCUT2D eigenvalue weighted by atomic mass is 79.9. The lowest BCUT2D eigenvalue weighted by Gasteiger charge is -2.07. The van der Waals surface area contributed by atoms with E-state index in [1.54, 1.807) is 0 Å². The summed E-state index contributed by atoms with van der Waals surface area (Å²) < 4.78 is 24.9. The fourth-order valence-electron chi connectivity index (χ4n) is 1.02. The van der Waals surface area contributed by atoms with E-state index >= 15 is 0 Å². The Hall–Kier alpha value is -1.24. The van der Waals surface area contributed by atoms with Crippen molar-refractivity contribution in [2.45, 2.75) is 12.8 Å². The number of nitrogens with zero attached hydrogens (tertiary/aromatic N) is 1. The number of carboxylic acid groups (broad SMARTS) is 1. The maximum absolute atomic E-state index is 12.4. The van der Waals surface area contributed by atoms with E-state index in [-0.39, 0.29) is 15.9 Å². The minimum absolute atomic E-state index is 0.00615. The van der Waals surface area contributed by atoms with Crippen molar-refractivity contribution in [2.75, 3.05) is 5.73 Å². The van der Waals surface area contributed by atoms with Crippen LogP contribution in [0.2, 0.25) is 0 Å². The van der Waals surface area contributed by atoms with Gasteiger partial charge in [-0.25, -0.2) is 13.8 Å². The van der Waals surface area contributed by atoms with Crippen LogP contribution < -0.4 is 5.73 Å². The summed E-state index contributed by atoms with van der Waals surface area (Å²) in [6.07, 6.45) is -3.23. The van der Waals surface area contributed by atoms with Gasteiger partial charge >= 0.3 is 5.97 Å². The largest absolute Gasteiger partial charge is 0.481 e. The van der Waals surface area contributed by atoms with E-state index in [4.69, 9.17) is 10.8 Å². The first-order valence-corrected chi connectivity index (χ1v) is 4.66. The third-order valence-electron chi connectivity index (χ3n) is 1.60. The van der Waals surface area contributed by atoms with Crippen LogP contribution in [0.4, 0.5) is 14.5 Å². The molecule has 7 heteroatoms. The lowest BCUT2D eigenvalue weighted by molar-refractivity contribution is -0.136. The second-order valence-corrected chi connectivity index (χ2v) is 3.57. The molecule has 0 amide bonds. The maximum atomic E-state index is 12.4. The predicted molar refractivity (Wildman–Crippen MR) is 52.6 cm³/mol. The molecule has 0 atom stereocenters. The molecule has 1 rings (SSSR count). The highest BCUT2D eigenvalue weighted by molar-refractivity contribution is 9.10. The molecule has 82 valence electrons. The number of nitrogen functional groups attached to an aromatic ring is 1. The van der Waals surface area contributed by atoms with Gasteiger partial charge in [0.15, 0.2) is 0 Å². The third kappa shape index (κ3) is 2.85. The monoisotopic (exact) mass is 280 g/mol. The fraction of sp³-hybridized carbons (Fsp3) is 0.250. The zero-order chi connectivity index (χ0) is 11.6. The number of alkyl halides is 2. The third-order valence-corrected chi connectivity index (χ3v) is 2.47. The van der Waals surface area contributed by atoms with Crippen molar-refractivity contribution >= 4 is 27.6 Å². The first kappa shape index (κ1) is 11.8. The van der Waals surface area contributed by atoms with Gasteiger partial charge in [-0.3, -0.25) is 4.79 Å². The molecule has 0 saturated heterocycles. The van der Waals surface area contributed by atoms with Crippen LogP contribution in [0.25, 0.3) is 0 Å². The van der Waals surface area contributed by atoms with E-state index < -0.39 is 24.5 Å². The van der Waals surface area contributed by atoms with E-state index in [2.05, 4.69) is 20.9 Å². The van der Waals surface area contributed by atoms with Gasteiger partial charge in [-0.2, -0.15) is 0 Å². The Morgan fingerprint density at radius 1 is 1.67 bits per heavy atom. The van der Waals surface area contributed by atoms with Crippen molar-refractivity contribution < 1.29 is 18.7 Å². The fourth-order valence-corrected chi connectivity index (χ4v) is 1.39. The molecular formula is C8H7BrF2N2O2. The summed E-state index contributed by atoms with van der Waals surface area (Å²) in [5.74, 6) is -1.15. The summed E-state index contributed by atoms with van der Waals surface area (Å²) in [7, 11) is 0. The SMILES string of the molecule is Nc1cc(CC(=O)O)nc(C(F)F)c1Br. The molecule has 0 aliphatic heterocycles. The zero-order valence-corrected chi connectivity index (χ0v) is 8.96. The molecule has 0 aliphatic carbocycles. The second-order valence-electron chi connectivity index (χ2n) is 2.77. The Balaban J connectivity index is 3.17. The number of rotatable bonds is 3. The van der Waals surface area contributed by atoms with Crippen LogP contribution in [0, 0.1) is 0 Å². The Morgan fingerprint density at radius 2 is 2.27 bits per heavy atom. The highest BCUT2D eigenvalue weighted by Gasteiger charge is 2.17. The van der Waals surface area contributed by atoms with Crippen molar-refractivity contribution in [3.8, 4) is 0 Å². The molecule has 0 bridgehead atoms. The minimum atomic E-state index is -2.80. The van der Waals surface area contributed by atoms with Crippen molar-refractivity contribution in [2.24, 2.45) is 0 Å². The summed E-state index contributed by atoms with van der Waals surface area (Å²) in [4.78, 5) is 13.9. The molecular weight excluding hydrogens is 274 g/mol. The summed E-state index contributed by atoms with van der Waals surface area (Å²) in [6, 6.07) is 1.25. The molecule has 1 aromatic rings. The first-order chi connectivity index (χ1) is 6.91. The summed E-state index contributed by atoms with van der Waals surface area (Å²) in [5, 5.41) is 8.48. The van der Waals surface area contributed by atoms with Gasteiger partial charge in [0.1, 0.15) is 5.69 Å². The van der Waals surface area contributed by atoms with Crippen LogP contribution in [0.5, 0.6) is 0 Å². The molecule has 3 N–H and O–H groups in total. The summed E-state index contributed by atoms with van der Waals surface area (Å²) >= 11 is 2.87. The number of aliphatic carboxylic acids is 1. The maximum Gasteiger partial charge on any atom is 0.309 e. The van der Waals surface area contributed by atoms with Gasteiger partial charge in [-0.1, -0.05) is 0 Å². The van der Waals surface area contributed by atoms with Crippen LogP contribution in [0.15, 0.2) is 10.5 Å². The summed E-state index contributed by atoms with van der Waals surface area (Å²) in [6.45, 7) is 0. The molecule has 0 saturated carbocycles. The number of carbonyl (C=O) groups is 1. The lowest BCUT2D eigenvalue weighted by atomic mass is 10.2. The van der Waals surface area contributed by atoms with Gasteiger partial charge in [0.2, 0.25) is 0 Å². The predicted octanol–water partition coefficient (Wildman–Crippen LogP) is 1.99. The molecule has 0 fully saturated rings. The molecule has 0 aliphatic rings. The Bertz CT molecular complexity index is 398. The van der Waals surface area contributed by atoms with E-state index in [0.717, 1.165) is 0 Å². The summed E-state index contributed by atoms with van der Waals surface area (Å²) in [5.41, 5.74) is 4.95. The molecule has 1 heterocycles.